The van der Waals surface area contributed by atoms with Crippen LogP contribution in [0.3, 0.4) is 0 Å². The van der Waals surface area contributed by atoms with E-state index in [9.17, 15) is 18.4 Å². The number of amides is 2. The summed E-state index contributed by atoms with van der Waals surface area (Å²) in [5, 5.41) is 11.2. The summed E-state index contributed by atoms with van der Waals surface area (Å²) in [4.78, 5) is 30.9. The van der Waals surface area contributed by atoms with E-state index in [1.54, 1.807) is 11.2 Å². The topological polar surface area (TPSA) is 102 Å². The van der Waals surface area contributed by atoms with E-state index in [0.717, 1.165) is 5.56 Å². The zero-order valence-electron chi connectivity index (χ0n) is 17.1. The lowest BCUT2D eigenvalue weighted by atomic mass is 10.2. The number of benzene rings is 2. The van der Waals surface area contributed by atoms with E-state index in [-0.39, 0.29) is 28.6 Å². The van der Waals surface area contributed by atoms with Crippen LogP contribution in [0.4, 0.5) is 20.3 Å². The van der Waals surface area contributed by atoms with Gasteiger partial charge < -0.3 is 15.5 Å². The number of anilines is 1. The molecule has 2 amide bonds. The number of nitrogens with zero attached hydrogens (tertiary/aromatic N) is 3. The Morgan fingerprint density at radius 1 is 1.16 bits per heavy atom. The van der Waals surface area contributed by atoms with Crippen LogP contribution in [0, 0.1) is 11.6 Å². The first-order valence-corrected chi connectivity index (χ1v) is 9.70. The van der Waals surface area contributed by atoms with Crippen LogP contribution < -0.4 is 10.6 Å². The van der Waals surface area contributed by atoms with Gasteiger partial charge in [-0.05, 0) is 23.8 Å². The molecular weight excluding hydrogens is 442 g/mol. The lowest BCUT2D eigenvalue weighted by Crippen LogP contribution is -2.23. The molecule has 11 heteroatoms. The van der Waals surface area contributed by atoms with Gasteiger partial charge in [0.05, 0.1) is 22.6 Å². The first kappa shape index (κ1) is 22.9. The fourth-order valence-electron chi connectivity index (χ4n) is 2.62. The lowest BCUT2D eigenvalue weighted by molar-refractivity contribution is 0.0945. The molecule has 0 aliphatic carbocycles. The Morgan fingerprint density at radius 3 is 2.62 bits per heavy atom. The first-order valence-electron chi connectivity index (χ1n) is 9.32. The second-order valence-electron chi connectivity index (χ2n) is 6.89. The van der Waals surface area contributed by atoms with E-state index in [2.05, 4.69) is 25.8 Å². The van der Waals surface area contributed by atoms with E-state index >= 15 is 0 Å². The summed E-state index contributed by atoms with van der Waals surface area (Å²) in [6.07, 6.45) is 1.66. The van der Waals surface area contributed by atoms with Crippen molar-refractivity contribution >= 4 is 41.3 Å². The number of hydrogen-bond donors (Lipinski definition) is 3. The van der Waals surface area contributed by atoms with Crippen LogP contribution >= 0.6 is 11.6 Å². The number of H-pyrrole nitrogens is 1. The molecule has 0 saturated carbocycles. The van der Waals surface area contributed by atoms with Crippen molar-refractivity contribution in [2.75, 3.05) is 19.4 Å². The van der Waals surface area contributed by atoms with Gasteiger partial charge in [-0.1, -0.05) is 29.8 Å². The van der Waals surface area contributed by atoms with Crippen LogP contribution in [-0.4, -0.2) is 47.3 Å². The van der Waals surface area contributed by atoms with Crippen molar-refractivity contribution in [3.8, 4) is 0 Å². The van der Waals surface area contributed by atoms with E-state index < -0.39 is 23.4 Å². The Kier molecular flexibility index (Phi) is 7.16. The average molecular weight is 461 g/mol. The van der Waals surface area contributed by atoms with Gasteiger partial charge in [0.25, 0.3) is 11.8 Å². The monoisotopic (exact) mass is 460 g/mol. The molecule has 8 nitrogen and oxygen atoms in total. The molecule has 3 N–H and O–H groups in total. The Labute approximate surface area is 187 Å². The van der Waals surface area contributed by atoms with Crippen molar-refractivity contribution in [2.24, 2.45) is 4.99 Å². The van der Waals surface area contributed by atoms with Crippen LogP contribution in [0.15, 0.2) is 47.5 Å². The minimum Gasteiger partial charge on any atom is -0.369 e. The maximum absolute atomic E-state index is 13.4. The number of halogens is 3. The minimum absolute atomic E-state index is 0.0110. The van der Waals surface area contributed by atoms with Crippen molar-refractivity contribution in [1.82, 2.24) is 20.4 Å². The molecule has 3 rings (SSSR count). The van der Waals surface area contributed by atoms with Gasteiger partial charge in [-0.15, -0.1) is 0 Å². The molecule has 1 heterocycles. The van der Waals surface area contributed by atoms with Gasteiger partial charge in [-0.25, -0.2) is 13.8 Å². The molecule has 0 aliphatic rings. The van der Waals surface area contributed by atoms with E-state index in [0.29, 0.717) is 17.8 Å². The summed E-state index contributed by atoms with van der Waals surface area (Å²) in [5.74, 6) is -3.64. The summed E-state index contributed by atoms with van der Waals surface area (Å²) < 4.78 is 26.6. The predicted molar refractivity (Wildman–Crippen MR) is 117 cm³/mol. The zero-order chi connectivity index (χ0) is 23.3. The largest absolute Gasteiger partial charge is 0.369 e. The normalized spacial score (nSPS) is 10.9. The van der Waals surface area contributed by atoms with E-state index in [4.69, 9.17) is 11.6 Å². The smallest absolute Gasteiger partial charge is 0.269 e. The molecular formula is C21H19ClF2N6O2. The summed E-state index contributed by atoms with van der Waals surface area (Å²) in [6, 6.07) is 10.0. The molecule has 3 aromatic rings. The molecule has 0 saturated heterocycles. The lowest BCUT2D eigenvalue weighted by Gasteiger charge is -2.08. The highest BCUT2D eigenvalue weighted by Crippen LogP contribution is 2.21. The van der Waals surface area contributed by atoms with Crippen LogP contribution in [0.2, 0.25) is 5.02 Å². The molecule has 32 heavy (non-hydrogen) atoms. The SMILES string of the molecule is CN(C)C=Nc1ccccc1CNC(=O)c1cc(NC(=O)c2cc(F)c(F)cc2Cl)n[nH]1. The third-order valence-electron chi connectivity index (χ3n) is 4.18. The number of para-hydroxylation sites is 1. The molecule has 0 spiro atoms. The van der Waals surface area contributed by atoms with Crippen molar-refractivity contribution in [2.45, 2.75) is 6.54 Å². The van der Waals surface area contributed by atoms with Crippen molar-refractivity contribution in [3.05, 3.63) is 75.9 Å². The number of hydrogen-bond acceptors (Lipinski definition) is 4. The highest BCUT2D eigenvalue weighted by atomic mass is 35.5. The van der Waals surface area contributed by atoms with Gasteiger partial charge in [0.1, 0.15) is 5.69 Å². The number of carbonyl (C=O) groups is 2. The van der Waals surface area contributed by atoms with Crippen LogP contribution in [0.25, 0.3) is 0 Å². The quantitative estimate of drug-likeness (QED) is 0.284. The summed E-state index contributed by atoms with van der Waals surface area (Å²) in [5.41, 5.74) is 1.34. The van der Waals surface area contributed by atoms with E-state index in [1.807, 2.05) is 38.4 Å². The molecule has 1 aromatic heterocycles. The van der Waals surface area contributed by atoms with Crippen molar-refractivity contribution < 1.29 is 18.4 Å². The Bertz CT molecular complexity index is 1180. The van der Waals surface area contributed by atoms with Gasteiger partial charge >= 0.3 is 0 Å². The maximum atomic E-state index is 13.4. The van der Waals surface area contributed by atoms with Crippen LogP contribution in [0.1, 0.15) is 26.4 Å². The van der Waals surface area contributed by atoms with Crippen LogP contribution in [-0.2, 0) is 6.54 Å². The zero-order valence-corrected chi connectivity index (χ0v) is 17.9. The maximum Gasteiger partial charge on any atom is 0.269 e. The molecule has 0 unspecified atom stereocenters. The third kappa shape index (κ3) is 5.67. The summed E-state index contributed by atoms with van der Waals surface area (Å²) in [6.45, 7) is 0.213. The average Bonchev–Trinajstić information content (AvgIpc) is 3.22. The predicted octanol–water partition coefficient (Wildman–Crippen LogP) is 3.75. The third-order valence-corrected chi connectivity index (χ3v) is 4.49. The molecule has 0 fully saturated rings. The Morgan fingerprint density at radius 2 is 1.88 bits per heavy atom. The number of aliphatic imine (C=N–C) groups is 1. The Balaban J connectivity index is 1.64. The van der Waals surface area contributed by atoms with Gasteiger partial charge in [-0.2, -0.15) is 5.10 Å². The van der Waals surface area contributed by atoms with Crippen LogP contribution in [0.5, 0.6) is 0 Å². The standard InChI is InChI=1S/C21H19ClF2N6O2/c1-30(2)11-26-17-6-4-3-5-12(17)10-25-21(32)18-9-19(29-28-18)27-20(31)13-7-15(23)16(24)8-14(13)22/h3-9,11H,10H2,1-2H3,(H,25,32)(H2,27,28,29,31). The first-order chi connectivity index (χ1) is 15.2. The second-order valence-corrected chi connectivity index (χ2v) is 7.29. The summed E-state index contributed by atoms with van der Waals surface area (Å²) in [7, 11) is 3.70. The minimum atomic E-state index is -1.21. The van der Waals surface area contributed by atoms with Crippen molar-refractivity contribution in [3.63, 3.8) is 0 Å². The highest BCUT2D eigenvalue weighted by Gasteiger charge is 2.17. The molecule has 0 bridgehead atoms. The summed E-state index contributed by atoms with van der Waals surface area (Å²) >= 11 is 5.80. The number of rotatable bonds is 7. The molecule has 166 valence electrons. The van der Waals surface area contributed by atoms with Gasteiger partial charge in [0.15, 0.2) is 17.5 Å². The molecule has 0 atom stereocenters. The number of aromatic nitrogens is 2. The number of nitrogens with one attached hydrogen (secondary N) is 3. The molecule has 0 aliphatic heterocycles. The fraction of sp³-hybridized carbons (Fsp3) is 0.143. The molecule has 2 aromatic carbocycles. The second kappa shape index (κ2) is 10.0. The number of aromatic amines is 1. The highest BCUT2D eigenvalue weighted by molar-refractivity contribution is 6.34. The van der Waals surface area contributed by atoms with Gasteiger partial charge in [-0.3, -0.25) is 14.7 Å². The fourth-order valence-corrected chi connectivity index (χ4v) is 2.85. The van der Waals surface area contributed by atoms with Gasteiger partial charge in [0.2, 0.25) is 0 Å². The Hall–Kier alpha value is -3.79. The molecule has 0 radical (unpaired) electrons. The van der Waals surface area contributed by atoms with Crippen molar-refractivity contribution in [1.29, 1.82) is 0 Å². The van der Waals surface area contributed by atoms with Gasteiger partial charge in [0, 0.05) is 26.7 Å². The number of carbonyl (C=O) groups excluding carboxylic acids is 2. The van der Waals surface area contributed by atoms with E-state index in [1.165, 1.54) is 6.07 Å².